The topological polar surface area (TPSA) is 35.1 Å². The minimum Gasteiger partial charge on any atom is -0.350 e. The molecule has 0 bridgehead atoms. The molecule has 2 aromatic carbocycles. The van der Waals surface area contributed by atoms with Gasteiger partial charge < -0.3 is 4.57 Å². The van der Waals surface area contributed by atoms with Gasteiger partial charge in [-0.3, -0.25) is 0 Å². The molecule has 0 spiro atoms. The predicted molar refractivity (Wildman–Crippen MR) is 109 cm³/mol. The van der Waals surface area contributed by atoms with Crippen molar-refractivity contribution in [3.05, 3.63) is 67.0 Å². The third-order valence-corrected chi connectivity index (χ3v) is 5.20. The zero-order valence-corrected chi connectivity index (χ0v) is 16.0. The fraction of sp³-hybridized carbons (Fsp3) is 0.0526. The quantitative estimate of drug-likeness (QED) is 0.401. The number of nitrogens with zero attached hydrogens (tertiary/aromatic N) is 4. The number of rotatable bonds is 2. The number of aryl methyl sites for hydroxylation is 1. The van der Waals surface area contributed by atoms with E-state index in [0.717, 1.165) is 26.8 Å². The molecule has 3 heterocycles. The van der Waals surface area contributed by atoms with E-state index in [-0.39, 0.29) is 17.0 Å². The van der Waals surface area contributed by atoms with Gasteiger partial charge in [0.2, 0.25) is 4.96 Å². The zero-order chi connectivity index (χ0) is 16.1. The smallest absolute Gasteiger partial charge is 0.213 e. The van der Waals surface area contributed by atoms with E-state index in [1.165, 1.54) is 10.9 Å². The molecule has 0 amide bonds. The van der Waals surface area contributed by atoms with Crippen LogP contribution in [0.3, 0.4) is 0 Å². The SMILES string of the molecule is Br.Cn1cc(-c2nn3cc(-c4ccccc4)nc3s2)c2ccccc21. The summed E-state index contributed by atoms with van der Waals surface area (Å²) in [5.41, 5.74) is 4.44. The fourth-order valence-electron chi connectivity index (χ4n) is 3.07. The molecular formula is C19H15BrN4S. The predicted octanol–water partition coefficient (Wildman–Crippen LogP) is 5.19. The average molecular weight is 411 g/mol. The van der Waals surface area contributed by atoms with Crippen molar-refractivity contribution >= 4 is 44.2 Å². The lowest BCUT2D eigenvalue weighted by Crippen LogP contribution is -1.82. The molecule has 3 aromatic heterocycles. The van der Waals surface area contributed by atoms with Crippen LogP contribution in [-0.4, -0.2) is 19.2 Å². The lowest BCUT2D eigenvalue weighted by atomic mass is 10.2. The van der Waals surface area contributed by atoms with Gasteiger partial charge >= 0.3 is 0 Å². The Hall–Kier alpha value is -2.44. The van der Waals surface area contributed by atoms with Crippen LogP contribution in [0.25, 0.3) is 37.7 Å². The first-order valence-electron chi connectivity index (χ1n) is 7.76. The van der Waals surface area contributed by atoms with E-state index >= 15 is 0 Å². The monoisotopic (exact) mass is 410 g/mol. The second-order valence-electron chi connectivity index (χ2n) is 5.80. The summed E-state index contributed by atoms with van der Waals surface area (Å²) >= 11 is 1.62. The molecule has 6 heteroatoms. The molecule has 25 heavy (non-hydrogen) atoms. The van der Waals surface area contributed by atoms with Crippen molar-refractivity contribution < 1.29 is 0 Å². The summed E-state index contributed by atoms with van der Waals surface area (Å²) in [6.07, 6.45) is 4.14. The van der Waals surface area contributed by atoms with Gasteiger partial charge in [0.25, 0.3) is 0 Å². The molecule has 0 aliphatic rings. The highest BCUT2D eigenvalue weighted by Gasteiger charge is 2.15. The Morgan fingerprint density at radius 3 is 2.48 bits per heavy atom. The maximum Gasteiger partial charge on any atom is 0.213 e. The lowest BCUT2D eigenvalue weighted by molar-refractivity contribution is 0.961. The summed E-state index contributed by atoms with van der Waals surface area (Å²) in [5.74, 6) is 0. The molecular weight excluding hydrogens is 396 g/mol. The number of halogens is 1. The van der Waals surface area contributed by atoms with E-state index in [1.54, 1.807) is 11.3 Å². The first-order valence-corrected chi connectivity index (χ1v) is 8.57. The zero-order valence-electron chi connectivity index (χ0n) is 13.5. The van der Waals surface area contributed by atoms with Crippen LogP contribution in [0.15, 0.2) is 67.0 Å². The van der Waals surface area contributed by atoms with Crippen LogP contribution < -0.4 is 0 Å². The number of hydrogen-bond acceptors (Lipinski definition) is 3. The Morgan fingerprint density at radius 2 is 1.68 bits per heavy atom. The number of fused-ring (bicyclic) bond motifs is 2. The van der Waals surface area contributed by atoms with E-state index in [0.29, 0.717) is 0 Å². The number of imidazole rings is 1. The number of para-hydroxylation sites is 1. The van der Waals surface area contributed by atoms with Crippen LogP contribution in [0.4, 0.5) is 0 Å². The Kier molecular flexibility index (Phi) is 3.94. The molecule has 0 N–H and O–H groups in total. The summed E-state index contributed by atoms with van der Waals surface area (Å²) in [5, 5.41) is 6.97. The van der Waals surface area contributed by atoms with Crippen molar-refractivity contribution in [2.24, 2.45) is 7.05 Å². The van der Waals surface area contributed by atoms with E-state index in [9.17, 15) is 0 Å². The molecule has 0 radical (unpaired) electrons. The molecule has 0 aliphatic carbocycles. The summed E-state index contributed by atoms with van der Waals surface area (Å²) in [7, 11) is 2.07. The van der Waals surface area contributed by atoms with Gasteiger partial charge in [-0.1, -0.05) is 59.9 Å². The highest BCUT2D eigenvalue weighted by atomic mass is 79.9. The molecule has 124 valence electrons. The Labute approximate surface area is 159 Å². The standard InChI is InChI=1S/C19H14N4S.BrH/c1-22-11-15(14-9-5-6-10-17(14)22)18-21-23-12-16(20-19(23)24-18)13-7-3-2-4-8-13;/h2-12H,1H3;1H. The van der Waals surface area contributed by atoms with Crippen LogP contribution in [0.2, 0.25) is 0 Å². The van der Waals surface area contributed by atoms with E-state index in [4.69, 9.17) is 10.1 Å². The van der Waals surface area contributed by atoms with Gasteiger partial charge in [-0.15, -0.1) is 17.0 Å². The summed E-state index contributed by atoms with van der Waals surface area (Å²) in [6, 6.07) is 18.6. The Bertz CT molecular complexity index is 1140. The van der Waals surface area contributed by atoms with Crippen LogP contribution >= 0.6 is 28.3 Å². The Morgan fingerprint density at radius 1 is 0.920 bits per heavy atom. The van der Waals surface area contributed by atoms with Crippen LogP contribution in [-0.2, 0) is 7.05 Å². The van der Waals surface area contributed by atoms with Crippen molar-refractivity contribution in [1.82, 2.24) is 19.2 Å². The van der Waals surface area contributed by atoms with E-state index in [1.807, 2.05) is 28.9 Å². The van der Waals surface area contributed by atoms with Crippen LogP contribution in [0, 0.1) is 0 Å². The van der Waals surface area contributed by atoms with Crippen molar-refractivity contribution in [3.63, 3.8) is 0 Å². The van der Waals surface area contributed by atoms with Crippen LogP contribution in [0.5, 0.6) is 0 Å². The number of aromatic nitrogens is 4. The fourth-order valence-corrected chi connectivity index (χ4v) is 3.97. The molecule has 0 fully saturated rings. The molecule has 0 aliphatic heterocycles. The maximum atomic E-state index is 4.75. The molecule has 4 nitrogen and oxygen atoms in total. The van der Waals surface area contributed by atoms with Crippen molar-refractivity contribution in [3.8, 4) is 21.8 Å². The first-order chi connectivity index (χ1) is 11.8. The van der Waals surface area contributed by atoms with E-state index in [2.05, 4.69) is 54.2 Å². The molecule has 0 saturated heterocycles. The molecule has 0 unspecified atom stereocenters. The highest BCUT2D eigenvalue weighted by molar-refractivity contribution is 8.93. The van der Waals surface area contributed by atoms with Gasteiger partial charge in [0, 0.05) is 35.3 Å². The summed E-state index contributed by atoms with van der Waals surface area (Å²) in [6.45, 7) is 0. The summed E-state index contributed by atoms with van der Waals surface area (Å²) in [4.78, 5) is 5.64. The number of benzene rings is 2. The number of hydrogen-bond donors (Lipinski definition) is 0. The minimum absolute atomic E-state index is 0. The normalized spacial score (nSPS) is 11.1. The van der Waals surface area contributed by atoms with Gasteiger partial charge in [0.1, 0.15) is 5.01 Å². The van der Waals surface area contributed by atoms with Gasteiger partial charge in [-0.25, -0.2) is 9.50 Å². The second-order valence-corrected chi connectivity index (χ2v) is 6.75. The van der Waals surface area contributed by atoms with Crippen molar-refractivity contribution in [1.29, 1.82) is 0 Å². The van der Waals surface area contributed by atoms with Gasteiger partial charge in [0.05, 0.1) is 11.9 Å². The maximum absolute atomic E-state index is 4.75. The third kappa shape index (κ3) is 2.58. The second kappa shape index (κ2) is 6.13. The minimum atomic E-state index is 0. The van der Waals surface area contributed by atoms with Gasteiger partial charge in [0.15, 0.2) is 0 Å². The summed E-state index contributed by atoms with van der Waals surface area (Å²) < 4.78 is 4.02. The first kappa shape index (κ1) is 16.1. The van der Waals surface area contributed by atoms with Gasteiger partial charge in [-0.05, 0) is 6.07 Å². The van der Waals surface area contributed by atoms with Crippen molar-refractivity contribution in [2.45, 2.75) is 0 Å². The lowest BCUT2D eigenvalue weighted by Gasteiger charge is -1.94. The Balaban J connectivity index is 0.00000157. The molecule has 0 saturated carbocycles. The van der Waals surface area contributed by atoms with Gasteiger partial charge in [-0.2, -0.15) is 5.10 Å². The largest absolute Gasteiger partial charge is 0.350 e. The molecule has 5 aromatic rings. The third-order valence-electron chi connectivity index (χ3n) is 4.24. The van der Waals surface area contributed by atoms with Crippen molar-refractivity contribution in [2.75, 3.05) is 0 Å². The van der Waals surface area contributed by atoms with E-state index < -0.39 is 0 Å². The molecule has 5 rings (SSSR count). The average Bonchev–Trinajstić information content (AvgIpc) is 3.27. The molecule has 0 atom stereocenters. The highest BCUT2D eigenvalue weighted by Crippen LogP contribution is 2.33. The van der Waals surface area contributed by atoms with Crippen LogP contribution in [0.1, 0.15) is 0 Å².